The molecule has 1 rings (SSSR count). The van der Waals surface area contributed by atoms with Gasteiger partial charge in [0, 0.05) is 20.0 Å². The van der Waals surface area contributed by atoms with Crippen LogP contribution in [0, 0.1) is 11.3 Å². The van der Waals surface area contributed by atoms with E-state index in [1.807, 2.05) is 13.8 Å². The predicted molar refractivity (Wildman–Crippen MR) is 71.1 cm³/mol. The molecule has 5 heteroatoms. The average Bonchev–Trinajstić information content (AvgIpc) is 2.86. The lowest BCUT2D eigenvalue weighted by molar-refractivity contribution is -0.129. The molecule has 0 saturated carbocycles. The van der Waals surface area contributed by atoms with Crippen LogP contribution in [0.15, 0.2) is 0 Å². The van der Waals surface area contributed by atoms with E-state index in [4.69, 9.17) is 0 Å². The van der Waals surface area contributed by atoms with Gasteiger partial charge < -0.3 is 16.0 Å². The predicted octanol–water partition coefficient (Wildman–Crippen LogP) is 0.265. The highest BCUT2D eigenvalue weighted by molar-refractivity contribution is 5.83. The van der Waals surface area contributed by atoms with Crippen molar-refractivity contribution in [2.75, 3.05) is 26.7 Å². The normalized spacial score (nSPS) is 19.6. The molecule has 3 N–H and O–H groups in total. The monoisotopic (exact) mass is 255 g/mol. The average molecular weight is 255 g/mol. The molecular weight excluding hydrogens is 230 g/mol. The fourth-order valence-corrected chi connectivity index (χ4v) is 2.12. The lowest BCUT2D eigenvalue weighted by atomic mass is 9.92. The highest BCUT2D eigenvalue weighted by Gasteiger charge is 2.27. The first-order valence-corrected chi connectivity index (χ1v) is 6.65. The second-order valence-electron chi connectivity index (χ2n) is 5.64. The van der Waals surface area contributed by atoms with E-state index in [0.717, 1.165) is 25.9 Å². The van der Waals surface area contributed by atoms with Gasteiger partial charge in [0.05, 0.1) is 5.41 Å². The summed E-state index contributed by atoms with van der Waals surface area (Å²) in [7, 11) is 1.61. The topological polar surface area (TPSA) is 70.2 Å². The number of amides is 2. The molecule has 5 nitrogen and oxygen atoms in total. The molecule has 0 bridgehead atoms. The fraction of sp³-hybridized carbons (Fsp3) is 0.846. The van der Waals surface area contributed by atoms with Crippen LogP contribution < -0.4 is 16.0 Å². The molecule has 1 atom stereocenters. The van der Waals surface area contributed by atoms with Gasteiger partial charge in [-0.15, -0.1) is 0 Å². The van der Waals surface area contributed by atoms with E-state index in [0.29, 0.717) is 18.9 Å². The third-order valence-electron chi connectivity index (χ3n) is 3.51. The Morgan fingerprint density at radius 1 is 1.39 bits per heavy atom. The second kappa shape index (κ2) is 6.73. The van der Waals surface area contributed by atoms with Gasteiger partial charge >= 0.3 is 0 Å². The SMILES string of the molecule is CNC(=O)C(C)(C)CNC(=O)CCC1CCNC1. The molecule has 2 amide bonds. The molecule has 1 saturated heterocycles. The lowest BCUT2D eigenvalue weighted by Gasteiger charge is -2.22. The van der Waals surface area contributed by atoms with Crippen LogP contribution in [0.3, 0.4) is 0 Å². The summed E-state index contributed by atoms with van der Waals surface area (Å²) in [5.74, 6) is 0.615. The number of hydrogen-bond acceptors (Lipinski definition) is 3. The van der Waals surface area contributed by atoms with Gasteiger partial charge in [-0.25, -0.2) is 0 Å². The first-order chi connectivity index (χ1) is 8.45. The van der Waals surface area contributed by atoms with E-state index in [9.17, 15) is 9.59 Å². The molecule has 1 unspecified atom stereocenters. The van der Waals surface area contributed by atoms with Crippen molar-refractivity contribution in [1.82, 2.24) is 16.0 Å². The Morgan fingerprint density at radius 3 is 2.67 bits per heavy atom. The van der Waals surface area contributed by atoms with Gasteiger partial charge in [0.1, 0.15) is 0 Å². The maximum absolute atomic E-state index is 11.7. The van der Waals surface area contributed by atoms with Crippen molar-refractivity contribution >= 4 is 11.8 Å². The zero-order valence-corrected chi connectivity index (χ0v) is 11.6. The Balaban J connectivity index is 2.21. The van der Waals surface area contributed by atoms with Crippen LogP contribution in [0.1, 0.15) is 33.1 Å². The number of hydrogen-bond donors (Lipinski definition) is 3. The van der Waals surface area contributed by atoms with Crippen LogP contribution in [0.25, 0.3) is 0 Å². The highest BCUT2D eigenvalue weighted by atomic mass is 16.2. The highest BCUT2D eigenvalue weighted by Crippen LogP contribution is 2.15. The van der Waals surface area contributed by atoms with E-state index < -0.39 is 5.41 Å². The number of carbonyl (C=O) groups excluding carboxylic acids is 2. The van der Waals surface area contributed by atoms with Crippen molar-refractivity contribution in [3.63, 3.8) is 0 Å². The summed E-state index contributed by atoms with van der Waals surface area (Å²) < 4.78 is 0. The van der Waals surface area contributed by atoms with Crippen LogP contribution >= 0.6 is 0 Å². The molecule has 104 valence electrons. The molecule has 1 aliphatic heterocycles. The minimum absolute atomic E-state index is 0.0406. The van der Waals surface area contributed by atoms with Crippen LogP contribution in [0.2, 0.25) is 0 Å². The number of rotatable bonds is 6. The van der Waals surface area contributed by atoms with Crippen molar-refractivity contribution in [3.05, 3.63) is 0 Å². The Morgan fingerprint density at radius 2 is 2.11 bits per heavy atom. The quantitative estimate of drug-likeness (QED) is 0.638. The molecular formula is C13H25N3O2. The molecule has 1 heterocycles. The van der Waals surface area contributed by atoms with E-state index >= 15 is 0 Å². The van der Waals surface area contributed by atoms with Gasteiger partial charge in [-0.1, -0.05) is 0 Å². The largest absolute Gasteiger partial charge is 0.359 e. The van der Waals surface area contributed by atoms with Gasteiger partial charge in [0.25, 0.3) is 0 Å². The third-order valence-corrected chi connectivity index (χ3v) is 3.51. The molecule has 1 fully saturated rings. The van der Waals surface area contributed by atoms with Crippen molar-refractivity contribution in [2.45, 2.75) is 33.1 Å². The standard InChI is InChI=1S/C13H25N3O2/c1-13(2,12(18)14-3)9-16-11(17)5-4-10-6-7-15-8-10/h10,15H,4-9H2,1-3H3,(H,14,18)(H,16,17). The van der Waals surface area contributed by atoms with Gasteiger partial charge in [0.15, 0.2) is 0 Å². The summed E-state index contributed by atoms with van der Waals surface area (Å²) >= 11 is 0. The van der Waals surface area contributed by atoms with Crippen LogP contribution in [-0.2, 0) is 9.59 Å². The molecule has 1 aliphatic rings. The smallest absolute Gasteiger partial charge is 0.227 e. The van der Waals surface area contributed by atoms with E-state index in [1.54, 1.807) is 7.05 Å². The second-order valence-corrected chi connectivity index (χ2v) is 5.64. The minimum atomic E-state index is -0.556. The van der Waals surface area contributed by atoms with E-state index in [-0.39, 0.29) is 11.8 Å². The first kappa shape index (κ1) is 15.0. The van der Waals surface area contributed by atoms with Crippen molar-refractivity contribution in [1.29, 1.82) is 0 Å². The summed E-state index contributed by atoms with van der Waals surface area (Å²) in [5.41, 5.74) is -0.556. The van der Waals surface area contributed by atoms with E-state index in [2.05, 4.69) is 16.0 Å². The maximum atomic E-state index is 11.7. The summed E-state index contributed by atoms with van der Waals surface area (Å²) in [6.07, 6.45) is 2.65. The van der Waals surface area contributed by atoms with Crippen LogP contribution in [0.5, 0.6) is 0 Å². The molecule has 0 spiro atoms. The van der Waals surface area contributed by atoms with Crippen LogP contribution in [-0.4, -0.2) is 38.5 Å². The number of nitrogens with one attached hydrogen (secondary N) is 3. The Labute approximate surface area is 109 Å². The van der Waals surface area contributed by atoms with Crippen molar-refractivity contribution in [2.24, 2.45) is 11.3 Å². The van der Waals surface area contributed by atoms with E-state index in [1.165, 1.54) is 0 Å². The lowest BCUT2D eigenvalue weighted by Crippen LogP contribution is -2.43. The molecule has 0 radical (unpaired) electrons. The van der Waals surface area contributed by atoms with Crippen molar-refractivity contribution < 1.29 is 9.59 Å². The summed E-state index contributed by atoms with van der Waals surface area (Å²) in [4.78, 5) is 23.2. The molecule has 18 heavy (non-hydrogen) atoms. The van der Waals surface area contributed by atoms with Crippen LogP contribution in [0.4, 0.5) is 0 Å². The first-order valence-electron chi connectivity index (χ1n) is 6.65. The van der Waals surface area contributed by atoms with Gasteiger partial charge in [-0.3, -0.25) is 9.59 Å². The zero-order valence-electron chi connectivity index (χ0n) is 11.6. The third kappa shape index (κ3) is 4.64. The summed E-state index contributed by atoms with van der Waals surface area (Å²) in [6, 6.07) is 0. The number of carbonyl (C=O) groups is 2. The summed E-state index contributed by atoms with van der Waals surface area (Å²) in [5, 5.41) is 8.74. The summed E-state index contributed by atoms with van der Waals surface area (Å²) in [6.45, 7) is 6.13. The van der Waals surface area contributed by atoms with Crippen molar-refractivity contribution in [3.8, 4) is 0 Å². The fourth-order valence-electron chi connectivity index (χ4n) is 2.12. The Hall–Kier alpha value is -1.10. The Bertz CT molecular complexity index is 297. The maximum Gasteiger partial charge on any atom is 0.227 e. The van der Waals surface area contributed by atoms with Gasteiger partial charge in [-0.2, -0.15) is 0 Å². The molecule has 0 aromatic heterocycles. The zero-order chi connectivity index (χ0) is 13.6. The Kier molecular flexibility index (Phi) is 5.59. The molecule has 0 aromatic rings. The van der Waals surface area contributed by atoms with Gasteiger partial charge in [0.2, 0.25) is 11.8 Å². The molecule has 0 aromatic carbocycles. The minimum Gasteiger partial charge on any atom is -0.359 e. The van der Waals surface area contributed by atoms with Gasteiger partial charge in [-0.05, 0) is 45.7 Å². The molecule has 0 aliphatic carbocycles.